The van der Waals surface area contributed by atoms with Crippen molar-refractivity contribution in [2.45, 2.75) is 26.0 Å². The molecule has 2 atom stereocenters. The molecule has 1 aromatic carbocycles. The van der Waals surface area contributed by atoms with Gasteiger partial charge in [-0.25, -0.2) is 0 Å². The number of hydrogen-bond acceptors (Lipinski definition) is 3. The third-order valence-electron chi connectivity index (χ3n) is 4.30. The number of amides is 1. The number of aromatic amines is 1. The van der Waals surface area contributed by atoms with Gasteiger partial charge in [0.2, 0.25) is 0 Å². The normalized spacial score (nSPS) is 21.2. The fourth-order valence-corrected chi connectivity index (χ4v) is 3.22. The molecule has 1 fully saturated rings. The predicted molar refractivity (Wildman–Crippen MR) is 86.9 cm³/mol. The molecule has 1 aliphatic rings. The van der Waals surface area contributed by atoms with Crippen molar-refractivity contribution in [1.82, 2.24) is 14.8 Å². The summed E-state index contributed by atoms with van der Waals surface area (Å²) in [5, 5.41) is 10.6. The van der Waals surface area contributed by atoms with Crippen LogP contribution in [0.1, 0.15) is 24.2 Å². The lowest BCUT2D eigenvalue weighted by Crippen LogP contribution is -2.55. The van der Waals surface area contributed by atoms with Crippen LogP contribution in [0.4, 0.5) is 0 Å². The third kappa shape index (κ3) is 3.00. The van der Waals surface area contributed by atoms with Gasteiger partial charge in [0.1, 0.15) is 0 Å². The molecule has 3 rings (SSSR count). The number of carbonyl (C=O) groups is 1. The highest BCUT2D eigenvalue weighted by atomic mass is 16.3. The van der Waals surface area contributed by atoms with Gasteiger partial charge in [-0.3, -0.25) is 9.69 Å². The molecular formula is C17H23N3O2. The number of aliphatic hydroxyl groups excluding tert-OH is 1. The number of hydrogen-bond donors (Lipinski definition) is 2. The molecule has 0 bridgehead atoms. The van der Waals surface area contributed by atoms with Gasteiger partial charge in [0, 0.05) is 49.5 Å². The molecule has 0 radical (unpaired) electrons. The first-order chi connectivity index (χ1) is 10.5. The predicted octanol–water partition coefficient (Wildman–Crippen LogP) is 1.70. The van der Waals surface area contributed by atoms with E-state index in [1.54, 1.807) is 6.92 Å². The molecule has 0 saturated carbocycles. The summed E-state index contributed by atoms with van der Waals surface area (Å²) in [6.07, 6.45) is 1.56. The van der Waals surface area contributed by atoms with Crippen molar-refractivity contribution in [3.05, 3.63) is 36.0 Å². The Bertz CT molecular complexity index is 665. The SMILES string of the molecule is CC(O)CN1CCN(C(=O)c2ccc3cc[nH]c3c2)C(C)C1. The number of H-pyrrole nitrogens is 1. The van der Waals surface area contributed by atoms with Crippen LogP contribution in [-0.4, -0.2) is 64.1 Å². The molecule has 2 heterocycles. The Balaban J connectivity index is 1.72. The molecule has 1 amide bonds. The van der Waals surface area contributed by atoms with E-state index in [4.69, 9.17) is 0 Å². The van der Waals surface area contributed by atoms with E-state index in [0.29, 0.717) is 13.1 Å². The maximum Gasteiger partial charge on any atom is 0.254 e. The van der Waals surface area contributed by atoms with Gasteiger partial charge >= 0.3 is 0 Å². The van der Waals surface area contributed by atoms with E-state index in [9.17, 15) is 9.90 Å². The average Bonchev–Trinajstić information content (AvgIpc) is 2.93. The summed E-state index contributed by atoms with van der Waals surface area (Å²) in [6.45, 7) is 6.86. The number of nitrogens with one attached hydrogen (secondary N) is 1. The minimum absolute atomic E-state index is 0.0840. The topological polar surface area (TPSA) is 59.6 Å². The molecule has 118 valence electrons. The Morgan fingerprint density at radius 1 is 1.41 bits per heavy atom. The standard InChI is InChI=1S/C17H23N3O2/c1-12-10-19(11-13(2)21)7-8-20(12)17(22)15-4-3-14-5-6-18-16(14)9-15/h3-6,9,12-13,18,21H,7-8,10-11H2,1-2H3. The van der Waals surface area contributed by atoms with Crippen molar-refractivity contribution in [2.75, 3.05) is 26.2 Å². The van der Waals surface area contributed by atoms with Crippen LogP contribution >= 0.6 is 0 Å². The molecule has 2 unspecified atom stereocenters. The maximum atomic E-state index is 12.7. The van der Waals surface area contributed by atoms with Crippen LogP contribution in [0.3, 0.4) is 0 Å². The number of aliphatic hydroxyl groups is 1. The lowest BCUT2D eigenvalue weighted by Gasteiger charge is -2.40. The van der Waals surface area contributed by atoms with E-state index >= 15 is 0 Å². The minimum atomic E-state index is -0.329. The van der Waals surface area contributed by atoms with Gasteiger partial charge in [0.05, 0.1) is 6.10 Å². The molecule has 2 aromatic rings. The van der Waals surface area contributed by atoms with Crippen LogP contribution in [0.5, 0.6) is 0 Å². The highest BCUT2D eigenvalue weighted by Gasteiger charge is 2.28. The first kappa shape index (κ1) is 15.1. The van der Waals surface area contributed by atoms with Gasteiger partial charge in [0.25, 0.3) is 5.91 Å². The summed E-state index contributed by atoms with van der Waals surface area (Å²) in [4.78, 5) is 20.0. The van der Waals surface area contributed by atoms with Gasteiger partial charge in [-0.1, -0.05) is 6.07 Å². The van der Waals surface area contributed by atoms with Crippen molar-refractivity contribution in [1.29, 1.82) is 0 Å². The first-order valence-electron chi connectivity index (χ1n) is 7.83. The Hall–Kier alpha value is -1.85. The third-order valence-corrected chi connectivity index (χ3v) is 4.30. The summed E-state index contributed by atoms with van der Waals surface area (Å²) >= 11 is 0. The summed E-state index contributed by atoms with van der Waals surface area (Å²) in [6, 6.07) is 7.95. The molecule has 1 aliphatic heterocycles. The van der Waals surface area contributed by atoms with E-state index in [0.717, 1.165) is 29.6 Å². The van der Waals surface area contributed by atoms with Gasteiger partial charge in [-0.2, -0.15) is 0 Å². The molecule has 0 spiro atoms. The smallest absolute Gasteiger partial charge is 0.254 e. The van der Waals surface area contributed by atoms with E-state index in [2.05, 4.69) is 16.8 Å². The molecule has 1 aromatic heterocycles. The van der Waals surface area contributed by atoms with E-state index in [1.807, 2.05) is 35.4 Å². The highest BCUT2D eigenvalue weighted by Crippen LogP contribution is 2.18. The van der Waals surface area contributed by atoms with E-state index in [-0.39, 0.29) is 18.1 Å². The van der Waals surface area contributed by atoms with Gasteiger partial charge in [0.15, 0.2) is 0 Å². The van der Waals surface area contributed by atoms with Crippen molar-refractivity contribution in [3.8, 4) is 0 Å². The Labute approximate surface area is 130 Å². The second-order valence-corrected chi connectivity index (χ2v) is 6.24. The number of β-amino-alcohol motifs (C(OH)–C–C–N with tert-alkyl or cyclic N) is 1. The quantitative estimate of drug-likeness (QED) is 0.907. The highest BCUT2D eigenvalue weighted by molar-refractivity contribution is 5.98. The van der Waals surface area contributed by atoms with Crippen LogP contribution in [0.15, 0.2) is 30.5 Å². The fourth-order valence-electron chi connectivity index (χ4n) is 3.22. The van der Waals surface area contributed by atoms with E-state index < -0.39 is 0 Å². The summed E-state index contributed by atoms with van der Waals surface area (Å²) in [7, 11) is 0. The van der Waals surface area contributed by atoms with Crippen molar-refractivity contribution < 1.29 is 9.90 Å². The molecule has 5 heteroatoms. The van der Waals surface area contributed by atoms with Crippen LogP contribution in [0.2, 0.25) is 0 Å². The van der Waals surface area contributed by atoms with Crippen LogP contribution in [0, 0.1) is 0 Å². The number of aromatic nitrogens is 1. The zero-order chi connectivity index (χ0) is 15.7. The average molecular weight is 301 g/mol. The molecule has 22 heavy (non-hydrogen) atoms. The van der Waals surface area contributed by atoms with Gasteiger partial charge in [-0.05, 0) is 37.4 Å². The summed E-state index contributed by atoms with van der Waals surface area (Å²) in [5.74, 6) is 0.0840. The van der Waals surface area contributed by atoms with Crippen LogP contribution < -0.4 is 0 Å². The van der Waals surface area contributed by atoms with Gasteiger partial charge in [-0.15, -0.1) is 0 Å². The minimum Gasteiger partial charge on any atom is -0.392 e. The number of piperazine rings is 1. The van der Waals surface area contributed by atoms with Crippen molar-refractivity contribution in [3.63, 3.8) is 0 Å². The molecule has 5 nitrogen and oxygen atoms in total. The Kier molecular flexibility index (Phi) is 4.18. The monoisotopic (exact) mass is 301 g/mol. The molecule has 1 saturated heterocycles. The second kappa shape index (κ2) is 6.10. The van der Waals surface area contributed by atoms with E-state index in [1.165, 1.54) is 0 Å². The van der Waals surface area contributed by atoms with Crippen LogP contribution in [-0.2, 0) is 0 Å². The number of benzene rings is 1. The number of rotatable bonds is 3. The Morgan fingerprint density at radius 3 is 2.95 bits per heavy atom. The molecular weight excluding hydrogens is 278 g/mol. The lowest BCUT2D eigenvalue weighted by molar-refractivity contribution is 0.0383. The largest absolute Gasteiger partial charge is 0.392 e. The molecule has 2 N–H and O–H groups in total. The zero-order valence-corrected chi connectivity index (χ0v) is 13.1. The summed E-state index contributed by atoms with van der Waals surface area (Å²) < 4.78 is 0. The Morgan fingerprint density at radius 2 is 2.23 bits per heavy atom. The number of nitrogens with zero attached hydrogens (tertiary/aromatic N) is 2. The zero-order valence-electron chi connectivity index (χ0n) is 13.1. The number of carbonyl (C=O) groups excluding carboxylic acids is 1. The lowest BCUT2D eigenvalue weighted by atomic mass is 10.1. The first-order valence-corrected chi connectivity index (χ1v) is 7.83. The second-order valence-electron chi connectivity index (χ2n) is 6.24. The van der Waals surface area contributed by atoms with Crippen LogP contribution in [0.25, 0.3) is 10.9 Å². The van der Waals surface area contributed by atoms with Crippen molar-refractivity contribution >= 4 is 16.8 Å². The van der Waals surface area contributed by atoms with Gasteiger partial charge < -0.3 is 15.0 Å². The number of fused-ring (bicyclic) bond motifs is 1. The maximum absolute atomic E-state index is 12.7. The summed E-state index contributed by atoms with van der Waals surface area (Å²) in [5.41, 5.74) is 1.72. The molecule has 0 aliphatic carbocycles. The fraction of sp³-hybridized carbons (Fsp3) is 0.471. The van der Waals surface area contributed by atoms with Crippen molar-refractivity contribution in [2.24, 2.45) is 0 Å².